The Morgan fingerprint density at radius 1 is 1.08 bits per heavy atom. The number of rotatable bonds is 6. The van der Waals surface area contributed by atoms with Gasteiger partial charge in [-0.15, -0.1) is 0 Å². The maximum atomic E-state index is 12.4. The molecule has 2 aromatic carbocycles. The van der Waals surface area contributed by atoms with Crippen LogP contribution in [-0.2, 0) is 16.1 Å². The van der Waals surface area contributed by atoms with E-state index < -0.39 is 0 Å². The Labute approximate surface area is 146 Å². The van der Waals surface area contributed by atoms with E-state index in [1.807, 2.05) is 65.2 Å². The van der Waals surface area contributed by atoms with Gasteiger partial charge in [-0.25, -0.2) is 4.79 Å². The number of esters is 1. The van der Waals surface area contributed by atoms with Crippen molar-refractivity contribution in [1.29, 1.82) is 0 Å². The lowest BCUT2D eigenvalue weighted by molar-refractivity contribution is -0.138. The summed E-state index contributed by atoms with van der Waals surface area (Å²) in [4.78, 5) is 23.9. The molecule has 0 fully saturated rings. The molecule has 0 N–H and O–H groups in total. The van der Waals surface area contributed by atoms with E-state index >= 15 is 0 Å². The molecule has 0 saturated heterocycles. The first-order valence-electron chi connectivity index (χ1n) is 8.19. The van der Waals surface area contributed by atoms with Gasteiger partial charge in [0.2, 0.25) is 0 Å². The van der Waals surface area contributed by atoms with Crippen LogP contribution in [0.15, 0.2) is 66.2 Å². The van der Waals surface area contributed by atoms with Crippen molar-refractivity contribution in [1.82, 2.24) is 4.57 Å². The largest absolute Gasteiger partial charge is 0.463 e. The number of carbonyl (C=O) groups excluding carboxylic acids is 2. The van der Waals surface area contributed by atoms with Crippen molar-refractivity contribution in [3.05, 3.63) is 77.5 Å². The van der Waals surface area contributed by atoms with E-state index in [2.05, 4.69) is 0 Å². The Morgan fingerprint density at radius 2 is 1.80 bits per heavy atom. The van der Waals surface area contributed by atoms with Crippen molar-refractivity contribution in [3.63, 3.8) is 0 Å². The number of para-hydroxylation sites is 1. The van der Waals surface area contributed by atoms with Crippen molar-refractivity contribution in [2.24, 2.45) is 0 Å². The molecule has 0 atom stereocenters. The second kappa shape index (κ2) is 7.62. The Bertz CT molecular complexity index is 923. The summed E-state index contributed by atoms with van der Waals surface area (Å²) in [5.41, 5.74) is 2.85. The van der Waals surface area contributed by atoms with Crippen LogP contribution < -0.4 is 0 Å². The molecule has 0 unspecified atom stereocenters. The highest BCUT2D eigenvalue weighted by atomic mass is 16.5. The van der Waals surface area contributed by atoms with Crippen LogP contribution in [-0.4, -0.2) is 23.4 Å². The summed E-state index contributed by atoms with van der Waals surface area (Å²) < 4.78 is 7.04. The van der Waals surface area contributed by atoms with Gasteiger partial charge in [-0.2, -0.15) is 0 Å². The fourth-order valence-electron chi connectivity index (χ4n) is 2.82. The zero-order valence-corrected chi connectivity index (χ0v) is 14.0. The van der Waals surface area contributed by atoms with Crippen LogP contribution >= 0.6 is 0 Å². The lowest BCUT2D eigenvalue weighted by Gasteiger charge is -2.11. The Morgan fingerprint density at radius 3 is 2.52 bits per heavy atom. The number of carbonyl (C=O) groups is 2. The van der Waals surface area contributed by atoms with Crippen LogP contribution in [0.3, 0.4) is 0 Å². The molecule has 4 heteroatoms. The quantitative estimate of drug-likeness (QED) is 0.388. The zero-order chi connectivity index (χ0) is 17.6. The Hall–Kier alpha value is -3.14. The van der Waals surface area contributed by atoms with Crippen LogP contribution in [0.4, 0.5) is 0 Å². The number of ether oxygens (including phenoxy) is 1. The van der Waals surface area contributed by atoms with E-state index in [4.69, 9.17) is 4.74 Å². The standard InChI is InChI=1S/C21H19NO3/c1-2-25-21(24)18(12-16-8-4-3-5-9-16)14-22-19(15-23)13-17-10-6-7-11-20(17)22/h3-13,15H,2,14H2,1H3/b18-12-. The summed E-state index contributed by atoms with van der Waals surface area (Å²) in [5.74, 6) is -0.374. The van der Waals surface area contributed by atoms with Gasteiger partial charge in [-0.05, 0) is 30.7 Å². The molecule has 1 aromatic heterocycles. The summed E-state index contributed by atoms with van der Waals surface area (Å²) in [6.07, 6.45) is 2.62. The molecule has 0 radical (unpaired) electrons. The molecule has 1 heterocycles. The van der Waals surface area contributed by atoms with Gasteiger partial charge in [0.1, 0.15) is 0 Å². The number of nitrogens with zero attached hydrogens (tertiary/aromatic N) is 1. The first kappa shape index (κ1) is 16.7. The van der Waals surface area contributed by atoms with Crippen LogP contribution in [0.1, 0.15) is 23.0 Å². The molecule has 0 saturated carbocycles. The van der Waals surface area contributed by atoms with Gasteiger partial charge in [0.05, 0.1) is 24.4 Å². The molecule has 0 aliphatic heterocycles. The summed E-state index contributed by atoms with van der Waals surface area (Å²) in [7, 11) is 0. The molecule has 3 aromatic rings. The highest BCUT2D eigenvalue weighted by Crippen LogP contribution is 2.21. The lowest BCUT2D eigenvalue weighted by atomic mass is 10.1. The maximum absolute atomic E-state index is 12.4. The van der Waals surface area contributed by atoms with Gasteiger partial charge >= 0.3 is 5.97 Å². The van der Waals surface area contributed by atoms with Crippen LogP contribution in [0.25, 0.3) is 17.0 Å². The molecule has 126 valence electrons. The molecular formula is C21H19NO3. The third kappa shape index (κ3) is 3.69. The van der Waals surface area contributed by atoms with Crippen LogP contribution in [0.5, 0.6) is 0 Å². The Balaban J connectivity index is 2.05. The van der Waals surface area contributed by atoms with E-state index in [0.717, 1.165) is 22.8 Å². The molecular weight excluding hydrogens is 314 g/mol. The van der Waals surface area contributed by atoms with E-state index in [9.17, 15) is 9.59 Å². The molecule has 3 rings (SSSR count). The smallest absolute Gasteiger partial charge is 0.335 e. The van der Waals surface area contributed by atoms with Crippen molar-refractivity contribution in [3.8, 4) is 0 Å². The third-order valence-electron chi connectivity index (χ3n) is 3.97. The predicted octanol–water partition coefficient (Wildman–Crippen LogP) is 4.10. The average Bonchev–Trinajstić information content (AvgIpc) is 3.00. The Kier molecular flexibility index (Phi) is 5.09. The highest BCUT2D eigenvalue weighted by molar-refractivity contribution is 5.95. The monoisotopic (exact) mass is 333 g/mol. The van der Waals surface area contributed by atoms with Crippen molar-refractivity contribution in [2.45, 2.75) is 13.5 Å². The molecule has 0 aliphatic carbocycles. The average molecular weight is 333 g/mol. The summed E-state index contributed by atoms with van der Waals surface area (Å²) in [6.45, 7) is 2.35. The second-order valence-electron chi connectivity index (χ2n) is 5.63. The highest BCUT2D eigenvalue weighted by Gasteiger charge is 2.15. The number of hydrogen-bond donors (Lipinski definition) is 0. The summed E-state index contributed by atoms with van der Waals surface area (Å²) in [5, 5.41) is 0.965. The summed E-state index contributed by atoms with van der Waals surface area (Å²) in [6, 6.07) is 19.1. The number of benzene rings is 2. The van der Waals surface area contributed by atoms with Gasteiger partial charge in [-0.3, -0.25) is 4.79 Å². The minimum Gasteiger partial charge on any atom is -0.463 e. The van der Waals surface area contributed by atoms with Crippen molar-refractivity contribution >= 4 is 29.2 Å². The van der Waals surface area contributed by atoms with Gasteiger partial charge in [0.15, 0.2) is 6.29 Å². The number of hydrogen-bond acceptors (Lipinski definition) is 3. The lowest BCUT2D eigenvalue weighted by Crippen LogP contribution is -2.14. The number of fused-ring (bicyclic) bond motifs is 1. The molecule has 0 spiro atoms. The third-order valence-corrected chi connectivity index (χ3v) is 3.97. The fraction of sp³-hybridized carbons (Fsp3) is 0.143. The van der Waals surface area contributed by atoms with Gasteiger partial charge < -0.3 is 9.30 Å². The van der Waals surface area contributed by atoms with E-state index in [1.54, 1.807) is 13.0 Å². The van der Waals surface area contributed by atoms with Crippen LogP contribution in [0.2, 0.25) is 0 Å². The van der Waals surface area contributed by atoms with Crippen molar-refractivity contribution in [2.75, 3.05) is 6.61 Å². The predicted molar refractivity (Wildman–Crippen MR) is 98.4 cm³/mol. The minimum atomic E-state index is -0.374. The van der Waals surface area contributed by atoms with E-state index in [1.165, 1.54) is 0 Å². The van der Waals surface area contributed by atoms with Crippen LogP contribution in [0, 0.1) is 0 Å². The fourth-order valence-corrected chi connectivity index (χ4v) is 2.82. The molecule has 0 aliphatic rings. The minimum absolute atomic E-state index is 0.273. The molecule has 0 bridgehead atoms. The van der Waals surface area contributed by atoms with E-state index in [-0.39, 0.29) is 12.5 Å². The van der Waals surface area contributed by atoms with Gasteiger partial charge in [0, 0.05) is 10.9 Å². The molecule has 0 amide bonds. The number of aromatic nitrogens is 1. The first-order chi connectivity index (χ1) is 12.2. The first-order valence-corrected chi connectivity index (χ1v) is 8.19. The SMILES string of the molecule is CCOC(=O)/C(=C\c1ccccc1)Cn1c(C=O)cc2ccccc21. The topological polar surface area (TPSA) is 48.3 Å². The summed E-state index contributed by atoms with van der Waals surface area (Å²) >= 11 is 0. The van der Waals surface area contributed by atoms with Gasteiger partial charge in [-0.1, -0.05) is 48.5 Å². The second-order valence-corrected chi connectivity index (χ2v) is 5.63. The van der Waals surface area contributed by atoms with Crippen molar-refractivity contribution < 1.29 is 14.3 Å². The maximum Gasteiger partial charge on any atom is 0.335 e. The molecule has 25 heavy (non-hydrogen) atoms. The molecule has 4 nitrogen and oxygen atoms in total. The number of aldehydes is 1. The normalized spacial score (nSPS) is 11.5. The van der Waals surface area contributed by atoms with Gasteiger partial charge in [0.25, 0.3) is 0 Å². The van der Waals surface area contributed by atoms with E-state index in [0.29, 0.717) is 17.9 Å². The zero-order valence-electron chi connectivity index (χ0n) is 14.0.